The van der Waals surface area contributed by atoms with E-state index in [0.29, 0.717) is 6.61 Å². The Bertz CT molecular complexity index is 226. The summed E-state index contributed by atoms with van der Waals surface area (Å²) in [6.07, 6.45) is 4.80. The van der Waals surface area contributed by atoms with Gasteiger partial charge in [0.2, 0.25) is 0 Å². The van der Waals surface area contributed by atoms with Gasteiger partial charge in [-0.3, -0.25) is 0 Å². The quantitative estimate of drug-likeness (QED) is 0.545. The van der Waals surface area contributed by atoms with Gasteiger partial charge in [0, 0.05) is 19.0 Å². The van der Waals surface area contributed by atoms with Gasteiger partial charge in [0.1, 0.15) is 0 Å². The van der Waals surface area contributed by atoms with E-state index >= 15 is 0 Å². The van der Waals surface area contributed by atoms with Crippen LogP contribution in [0.25, 0.3) is 0 Å². The van der Waals surface area contributed by atoms with E-state index in [2.05, 4.69) is 16.7 Å². The molecule has 92 valence electrons. The maximum atomic E-state index is 5.84. The lowest BCUT2D eigenvalue weighted by Crippen LogP contribution is -2.34. The molecule has 0 amide bonds. The van der Waals surface area contributed by atoms with E-state index in [0.717, 1.165) is 19.6 Å². The molecule has 1 saturated heterocycles. The highest BCUT2D eigenvalue weighted by Gasteiger charge is 2.09. The van der Waals surface area contributed by atoms with Crippen molar-refractivity contribution in [2.24, 2.45) is 5.73 Å². The summed E-state index contributed by atoms with van der Waals surface area (Å²) in [4.78, 5) is 2.47. The van der Waals surface area contributed by atoms with Crippen LogP contribution in [0.1, 0.15) is 32.6 Å². The standard InChI is InChI=1S/C13H24N2O/c1-2-3-7-13(14)12-16-11-10-15-8-5-4-6-9-15/h13H,4-12,14H2,1H3. The number of piperidine rings is 1. The Morgan fingerprint density at radius 2 is 2.06 bits per heavy atom. The molecule has 0 bridgehead atoms. The number of hydrogen-bond donors (Lipinski definition) is 1. The Morgan fingerprint density at radius 3 is 2.75 bits per heavy atom. The first-order chi connectivity index (χ1) is 7.83. The van der Waals surface area contributed by atoms with Crippen LogP contribution in [0.5, 0.6) is 0 Å². The van der Waals surface area contributed by atoms with Crippen molar-refractivity contribution in [2.75, 3.05) is 32.8 Å². The molecule has 2 N–H and O–H groups in total. The number of ether oxygens (including phenoxy) is 1. The number of rotatable bonds is 6. The molecule has 0 aliphatic carbocycles. The van der Waals surface area contributed by atoms with Crippen LogP contribution in [0.3, 0.4) is 0 Å². The Kier molecular flexibility index (Phi) is 7.24. The van der Waals surface area contributed by atoms with Crippen molar-refractivity contribution < 1.29 is 4.74 Å². The molecule has 1 rings (SSSR count). The van der Waals surface area contributed by atoms with Gasteiger partial charge in [0.25, 0.3) is 0 Å². The molecule has 16 heavy (non-hydrogen) atoms. The van der Waals surface area contributed by atoms with Crippen molar-refractivity contribution >= 4 is 0 Å². The van der Waals surface area contributed by atoms with Crippen LogP contribution < -0.4 is 5.73 Å². The highest BCUT2D eigenvalue weighted by molar-refractivity contribution is 4.97. The second-order valence-electron chi connectivity index (χ2n) is 4.37. The predicted octanol–water partition coefficient (Wildman–Crippen LogP) is 1.23. The van der Waals surface area contributed by atoms with E-state index in [-0.39, 0.29) is 6.04 Å². The van der Waals surface area contributed by atoms with Crippen LogP contribution in [0, 0.1) is 11.8 Å². The molecular formula is C13H24N2O. The van der Waals surface area contributed by atoms with Crippen molar-refractivity contribution in [1.29, 1.82) is 0 Å². The number of hydrogen-bond acceptors (Lipinski definition) is 3. The fourth-order valence-electron chi connectivity index (χ4n) is 1.90. The first-order valence-electron chi connectivity index (χ1n) is 6.28. The van der Waals surface area contributed by atoms with Gasteiger partial charge in [-0.05, 0) is 32.9 Å². The van der Waals surface area contributed by atoms with Gasteiger partial charge in [-0.2, -0.15) is 0 Å². The predicted molar refractivity (Wildman–Crippen MR) is 67.2 cm³/mol. The summed E-state index contributed by atoms with van der Waals surface area (Å²) in [6, 6.07) is 0.0637. The zero-order valence-electron chi connectivity index (χ0n) is 10.4. The van der Waals surface area contributed by atoms with Gasteiger partial charge < -0.3 is 15.4 Å². The van der Waals surface area contributed by atoms with Gasteiger partial charge >= 0.3 is 0 Å². The van der Waals surface area contributed by atoms with Gasteiger partial charge in [-0.25, -0.2) is 0 Å². The summed E-state index contributed by atoms with van der Waals surface area (Å²) < 4.78 is 5.56. The molecule has 0 saturated carbocycles. The molecule has 1 unspecified atom stereocenters. The lowest BCUT2D eigenvalue weighted by molar-refractivity contribution is 0.0884. The first kappa shape index (κ1) is 13.5. The largest absolute Gasteiger partial charge is 0.378 e. The summed E-state index contributed by atoms with van der Waals surface area (Å²) in [6.45, 7) is 6.78. The summed E-state index contributed by atoms with van der Waals surface area (Å²) >= 11 is 0. The van der Waals surface area contributed by atoms with Crippen LogP contribution in [0.4, 0.5) is 0 Å². The third-order valence-electron chi connectivity index (χ3n) is 2.87. The molecule has 1 atom stereocenters. The Labute approximate surface area is 99.3 Å². The van der Waals surface area contributed by atoms with E-state index in [1.807, 2.05) is 6.92 Å². The minimum atomic E-state index is 0.0637. The fraction of sp³-hybridized carbons (Fsp3) is 0.846. The molecule has 1 fully saturated rings. The maximum Gasteiger partial charge on any atom is 0.0627 e. The molecule has 3 nitrogen and oxygen atoms in total. The average Bonchev–Trinajstić information content (AvgIpc) is 2.33. The summed E-state index contributed by atoms with van der Waals surface area (Å²) in [5, 5.41) is 0. The van der Waals surface area contributed by atoms with Crippen molar-refractivity contribution in [1.82, 2.24) is 4.90 Å². The summed E-state index contributed by atoms with van der Waals surface area (Å²) in [5.41, 5.74) is 5.84. The summed E-state index contributed by atoms with van der Waals surface area (Å²) in [7, 11) is 0. The van der Waals surface area contributed by atoms with Crippen molar-refractivity contribution in [3.63, 3.8) is 0 Å². The molecule has 3 heteroatoms. The smallest absolute Gasteiger partial charge is 0.0627 e. The van der Waals surface area contributed by atoms with Gasteiger partial charge in [-0.15, -0.1) is 11.8 Å². The highest BCUT2D eigenvalue weighted by Crippen LogP contribution is 2.07. The molecule has 0 aromatic heterocycles. The van der Waals surface area contributed by atoms with Crippen molar-refractivity contribution in [2.45, 2.75) is 38.6 Å². The van der Waals surface area contributed by atoms with Gasteiger partial charge in [0.05, 0.1) is 13.2 Å². The SMILES string of the molecule is CC#CCC(N)COCCN1CCCCC1. The second kappa shape index (κ2) is 8.58. The lowest BCUT2D eigenvalue weighted by Gasteiger charge is -2.26. The molecular weight excluding hydrogens is 200 g/mol. The van der Waals surface area contributed by atoms with E-state index in [4.69, 9.17) is 10.5 Å². The lowest BCUT2D eigenvalue weighted by atomic mass is 10.1. The third-order valence-corrected chi connectivity index (χ3v) is 2.87. The number of likely N-dealkylation sites (tertiary alicyclic amines) is 1. The Morgan fingerprint density at radius 1 is 1.31 bits per heavy atom. The average molecular weight is 224 g/mol. The van der Waals surface area contributed by atoms with Crippen LogP contribution in [0.15, 0.2) is 0 Å². The number of nitrogens with two attached hydrogens (primary N) is 1. The minimum Gasteiger partial charge on any atom is -0.378 e. The molecule has 0 radical (unpaired) electrons. The molecule has 1 heterocycles. The van der Waals surface area contributed by atoms with E-state index < -0.39 is 0 Å². The zero-order chi connectivity index (χ0) is 11.6. The third kappa shape index (κ3) is 6.12. The van der Waals surface area contributed by atoms with Crippen molar-refractivity contribution in [3.8, 4) is 11.8 Å². The van der Waals surface area contributed by atoms with E-state index in [1.165, 1.54) is 32.4 Å². The van der Waals surface area contributed by atoms with Crippen LogP contribution in [-0.2, 0) is 4.74 Å². The van der Waals surface area contributed by atoms with Crippen molar-refractivity contribution in [3.05, 3.63) is 0 Å². The minimum absolute atomic E-state index is 0.0637. The van der Waals surface area contributed by atoms with Gasteiger partial charge in [0.15, 0.2) is 0 Å². The van der Waals surface area contributed by atoms with E-state index in [1.54, 1.807) is 0 Å². The van der Waals surface area contributed by atoms with E-state index in [9.17, 15) is 0 Å². The second-order valence-corrected chi connectivity index (χ2v) is 4.37. The Balaban J connectivity index is 1.95. The molecule has 1 aliphatic heterocycles. The van der Waals surface area contributed by atoms with Crippen LogP contribution in [0.2, 0.25) is 0 Å². The topological polar surface area (TPSA) is 38.5 Å². The molecule has 1 aliphatic rings. The fourth-order valence-corrected chi connectivity index (χ4v) is 1.90. The zero-order valence-corrected chi connectivity index (χ0v) is 10.4. The monoisotopic (exact) mass is 224 g/mol. The Hall–Kier alpha value is -0.560. The van der Waals surface area contributed by atoms with Crippen LogP contribution >= 0.6 is 0 Å². The molecule has 0 aromatic rings. The molecule has 0 spiro atoms. The van der Waals surface area contributed by atoms with Gasteiger partial charge in [-0.1, -0.05) is 6.42 Å². The highest BCUT2D eigenvalue weighted by atomic mass is 16.5. The number of nitrogens with zero attached hydrogens (tertiary/aromatic N) is 1. The summed E-state index contributed by atoms with van der Waals surface area (Å²) in [5.74, 6) is 5.82. The van der Waals surface area contributed by atoms with Crippen LogP contribution in [-0.4, -0.2) is 43.8 Å². The normalized spacial score (nSPS) is 18.9. The molecule has 0 aromatic carbocycles. The first-order valence-corrected chi connectivity index (χ1v) is 6.28. The maximum absolute atomic E-state index is 5.84.